The van der Waals surface area contributed by atoms with E-state index in [-0.39, 0.29) is 5.95 Å². The summed E-state index contributed by atoms with van der Waals surface area (Å²) in [4.78, 5) is 10.3. The highest BCUT2D eigenvalue weighted by atomic mass is 15.2. The van der Waals surface area contributed by atoms with E-state index in [1.807, 2.05) is 6.20 Å². The summed E-state index contributed by atoms with van der Waals surface area (Å²) in [7, 11) is 0. The Morgan fingerprint density at radius 1 is 1.29 bits per heavy atom. The number of imidazole rings is 1. The first kappa shape index (κ1) is 10.2. The minimum atomic E-state index is 0.287. The van der Waals surface area contributed by atoms with Crippen LogP contribution in [0, 0.1) is 0 Å². The molecule has 0 saturated heterocycles. The van der Waals surface area contributed by atoms with Crippen LogP contribution >= 0.6 is 0 Å². The molecule has 2 aromatic heterocycles. The molecule has 0 amide bonds. The van der Waals surface area contributed by atoms with E-state index in [0.29, 0.717) is 6.54 Å². The number of rotatable bonds is 2. The van der Waals surface area contributed by atoms with Crippen molar-refractivity contribution >= 4 is 5.95 Å². The standard InChI is InChI=1S/C5H9N3.C2H4N4/c6-2-1-5-3-7-4-8-5;3-2-4-1-5-6-2/h3-4H,1-2,6H2,(H,7,8);1H,(H3,3,4,5,6). The summed E-state index contributed by atoms with van der Waals surface area (Å²) in [5.41, 5.74) is 11.3. The predicted molar refractivity (Wildman–Crippen MR) is 52.1 cm³/mol. The highest BCUT2D eigenvalue weighted by molar-refractivity contribution is 5.07. The normalized spacial score (nSPS) is 9.21. The van der Waals surface area contributed by atoms with Crippen molar-refractivity contribution in [1.82, 2.24) is 25.1 Å². The van der Waals surface area contributed by atoms with Gasteiger partial charge in [0.15, 0.2) is 0 Å². The molecule has 7 nitrogen and oxygen atoms in total. The van der Waals surface area contributed by atoms with Gasteiger partial charge in [0.2, 0.25) is 5.95 Å². The van der Waals surface area contributed by atoms with Crippen LogP contribution in [0.4, 0.5) is 5.95 Å². The molecule has 2 aromatic rings. The SMILES string of the molecule is NCCc1c[nH]cn1.Nc1nc[nH]n1. The van der Waals surface area contributed by atoms with Crippen LogP contribution in [0.5, 0.6) is 0 Å². The summed E-state index contributed by atoms with van der Waals surface area (Å²) < 4.78 is 0. The molecule has 76 valence electrons. The number of nitrogens with zero attached hydrogens (tertiary/aromatic N) is 3. The topological polar surface area (TPSA) is 122 Å². The van der Waals surface area contributed by atoms with Gasteiger partial charge in [-0.1, -0.05) is 0 Å². The number of nitrogen functional groups attached to an aromatic ring is 1. The van der Waals surface area contributed by atoms with Crippen LogP contribution < -0.4 is 11.5 Å². The molecule has 2 heterocycles. The monoisotopic (exact) mass is 195 g/mol. The molecule has 0 spiro atoms. The van der Waals surface area contributed by atoms with E-state index < -0.39 is 0 Å². The van der Waals surface area contributed by atoms with Gasteiger partial charge in [0.05, 0.1) is 12.0 Å². The number of aromatic amines is 2. The Labute approximate surface area is 80.9 Å². The summed E-state index contributed by atoms with van der Waals surface area (Å²) in [5.74, 6) is 0.287. The second kappa shape index (κ2) is 5.70. The molecule has 0 aliphatic heterocycles. The zero-order chi connectivity index (χ0) is 10.2. The largest absolute Gasteiger partial charge is 0.367 e. The van der Waals surface area contributed by atoms with Crippen LogP contribution in [-0.4, -0.2) is 31.7 Å². The molecule has 0 unspecified atom stereocenters. The van der Waals surface area contributed by atoms with Gasteiger partial charge in [0.1, 0.15) is 6.33 Å². The predicted octanol–water partition coefficient (Wildman–Crippen LogP) is -0.702. The van der Waals surface area contributed by atoms with Gasteiger partial charge in [-0.3, -0.25) is 5.10 Å². The summed E-state index contributed by atoms with van der Waals surface area (Å²) in [6, 6.07) is 0. The van der Waals surface area contributed by atoms with Crippen LogP contribution in [0.1, 0.15) is 5.69 Å². The first-order chi connectivity index (χ1) is 6.83. The number of H-pyrrole nitrogens is 2. The lowest BCUT2D eigenvalue weighted by molar-refractivity contribution is 0.935. The van der Waals surface area contributed by atoms with Crippen LogP contribution in [0.15, 0.2) is 18.9 Å². The number of hydrogen-bond donors (Lipinski definition) is 4. The highest BCUT2D eigenvalue weighted by Gasteiger charge is 1.87. The van der Waals surface area contributed by atoms with E-state index in [1.165, 1.54) is 6.33 Å². The van der Waals surface area contributed by atoms with E-state index in [9.17, 15) is 0 Å². The van der Waals surface area contributed by atoms with E-state index in [4.69, 9.17) is 11.5 Å². The van der Waals surface area contributed by atoms with Crippen molar-refractivity contribution in [2.45, 2.75) is 6.42 Å². The van der Waals surface area contributed by atoms with Crippen molar-refractivity contribution in [3.05, 3.63) is 24.5 Å². The summed E-state index contributed by atoms with van der Waals surface area (Å²) >= 11 is 0. The fourth-order valence-corrected chi connectivity index (χ4v) is 0.794. The fourth-order valence-electron chi connectivity index (χ4n) is 0.794. The van der Waals surface area contributed by atoms with Gasteiger partial charge < -0.3 is 16.5 Å². The van der Waals surface area contributed by atoms with E-state index in [2.05, 4.69) is 25.1 Å². The molecule has 0 aromatic carbocycles. The fraction of sp³-hybridized carbons (Fsp3) is 0.286. The number of aromatic nitrogens is 5. The molecular formula is C7H13N7. The Morgan fingerprint density at radius 2 is 2.14 bits per heavy atom. The molecule has 2 rings (SSSR count). The summed E-state index contributed by atoms with van der Waals surface area (Å²) in [5, 5.41) is 5.90. The average Bonchev–Trinajstić information content (AvgIpc) is 2.79. The van der Waals surface area contributed by atoms with E-state index >= 15 is 0 Å². The number of nitrogens with one attached hydrogen (secondary N) is 2. The Bertz CT molecular complexity index is 312. The lowest BCUT2D eigenvalue weighted by Gasteiger charge is -1.85. The molecule has 0 bridgehead atoms. The lowest BCUT2D eigenvalue weighted by Crippen LogP contribution is -2.02. The molecule has 0 aliphatic rings. The van der Waals surface area contributed by atoms with Gasteiger partial charge in [0.25, 0.3) is 0 Å². The van der Waals surface area contributed by atoms with E-state index in [0.717, 1.165) is 12.1 Å². The minimum Gasteiger partial charge on any atom is -0.367 e. The quantitative estimate of drug-likeness (QED) is 0.504. The molecule has 6 N–H and O–H groups in total. The molecule has 0 saturated carbocycles. The molecule has 0 aliphatic carbocycles. The minimum absolute atomic E-state index is 0.287. The van der Waals surface area contributed by atoms with Gasteiger partial charge in [-0.15, -0.1) is 5.10 Å². The first-order valence-electron chi connectivity index (χ1n) is 4.12. The number of anilines is 1. The number of hydrogen-bond acceptors (Lipinski definition) is 5. The zero-order valence-electron chi connectivity index (χ0n) is 7.64. The van der Waals surface area contributed by atoms with Crippen molar-refractivity contribution in [3.8, 4) is 0 Å². The maximum atomic E-state index is 5.27. The Balaban J connectivity index is 0.000000146. The van der Waals surface area contributed by atoms with Crippen LogP contribution in [0.25, 0.3) is 0 Å². The van der Waals surface area contributed by atoms with E-state index in [1.54, 1.807) is 6.33 Å². The van der Waals surface area contributed by atoms with Gasteiger partial charge in [-0.2, -0.15) is 0 Å². The van der Waals surface area contributed by atoms with Gasteiger partial charge in [-0.25, -0.2) is 9.97 Å². The van der Waals surface area contributed by atoms with Gasteiger partial charge >= 0.3 is 0 Å². The Kier molecular flexibility index (Phi) is 4.15. The van der Waals surface area contributed by atoms with Gasteiger partial charge in [-0.05, 0) is 6.54 Å². The van der Waals surface area contributed by atoms with Crippen molar-refractivity contribution in [2.24, 2.45) is 5.73 Å². The van der Waals surface area contributed by atoms with Crippen molar-refractivity contribution in [1.29, 1.82) is 0 Å². The Hall–Kier alpha value is -1.89. The molecule has 0 atom stereocenters. The number of nitrogens with two attached hydrogens (primary N) is 2. The molecule has 14 heavy (non-hydrogen) atoms. The molecular weight excluding hydrogens is 182 g/mol. The average molecular weight is 195 g/mol. The van der Waals surface area contributed by atoms with Crippen LogP contribution in [0.2, 0.25) is 0 Å². The first-order valence-corrected chi connectivity index (χ1v) is 4.12. The third kappa shape index (κ3) is 3.68. The highest BCUT2D eigenvalue weighted by Crippen LogP contribution is 1.88. The third-order valence-electron chi connectivity index (χ3n) is 1.39. The van der Waals surface area contributed by atoms with Crippen molar-refractivity contribution < 1.29 is 0 Å². The third-order valence-corrected chi connectivity index (χ3v) is 1.39. The molecule has 0 fully saturated rings. The van der Waals surface area contributed by atoms with Crippen molar-refractivity contribution in [3.63, 3.8) is 0 Å². The molecule has 7 heteroatoms. The second-order valence-electron chi connectivity index (χ2n) is 2.46. The molecule has 0 radical (unpaired) electrons. The van der Waals surface area contributed by atoms with Crippen LogP contribution in [0.3, 0.4) is 0 Å². The zero-order valence-corrected chi connectivity index (χ0v) is 7.64. The Morgan fingerprint density at radius 3 is 2.50 bits per heavy atom. The lowest BCUT2D eigenvalue weighted by atomic mass is 10.3. The van der Waals surface area contributed by atoms with Crippen LogP contribution in [-0.2, 0) is 6.42 Å². The van der Waals surface area contributed by atoms with Gasteiger partial charge in [0, 0.05) is 12.6 Å². The maximum absolute atomic E-state index is 5.27. The smallest absolute Gasteiger partial charge is 0.239 e. The maximum Gasteiger partial charge on any atom is 0.239 e. The summed E-state index contributed by atoms with van der Waals surface area (Å²) in [6.45, 7) is 0.671. The second-order valence-corrected chi connectivity index (χ2v) is 2.46. The van der Waals surface area contributed by atoms with Crippen molar-refractivity contribution in [2.75, 3.05) is 12.3 Å². The summed E-state index contributed by atoms with van der Waals surface area (Å²) in [6.07, 6.45) is 5.80.